The van der Waals surface area contributed by atoms with Crippen molar-refractivity contribution in [3.8, 4) is 0 Å². The second-order valence-electron chi connectivity index (χ2n) is 3.86. The Labute approximate surface area is 72.3 Å². The van der Waals surface area contributed by atoms with Gasteiger partial charge in [0.05, 0.1) is 0 Å². The lowest BCUT2D eigenvalue weighted by Crippen LogP contribution is -2.34. The minimum atomic E-state index is -2.19. The van der Waals surface area contributed by atoms with Crippen molar-refractivity contribution in [2.75, 3.05) is 6.54 Å². The van der Waals surface area contributed by atoms with Crippen LogP contribution in [0.4, 0.5) is 8.78 Å². The van der Waals surface area contributed by atoms with Crippen molar-refractivity contribution in [3.63, 3.8) is 0 Å². The Morgan fingerprint density at radius 2 is 1.75 bits per heavy atom. The molecule has 1 saturated carbocycles. The molecule has 0 aromatic rings. The fourth-order valence-corrected chi connectivity index (χ4v) is 2.12. The van der Waals surface area contributed by atoms with E-state index in [1.165, 1.54) is 6.42 Å². The smallest absolute Gasteiger partial charge is 0.239 e. The van der Waals surface area contributed by atoms with Crippen LogP contribution in [0.15, 0.2) is 0 Å². The molecule has 1 rings (SSSR count). The van der Waals surface area contributed by atoms with Gasteiger partial charge in [-0.3, -0.25) is 0 Å². The van der Waals surface area contributed by atoms with E-state index in [4.69, 9.17) is 5.73 Å². The molecule has 1 aliphatic rings. The van der Waals surface area contributed by atoms with E-state index in [1.54, 1.807) is 0 Å². The molecule has 0 atom stereocenters. The first-order chi connectivity index (χ1) is 5.68. The fourth-order valence-electron chi connectivity index (χ4n) is 2.12. The highest BCUT2D eigenvalue weighted by molar-refractivity contribution is 4.84. The maximum atomic E-state index is 12.2. The Hall–Kier alpha value is -0.180. The molecule has 1 aliphatic carbocycles. The van der Waals surface area contributed by atoms with Crippen LogP contribution < -0.4 is 5.73 Å². The third-order valence-corrected chi connectivity index (χ3v) is 2.93. The molecule has 0 aromatic carbocycles. The van der Waals surface area contributed by atoms with Crippen molar-refractivity contribution >= 4 is 0 Å². The van der Waals surface area contributed by atoms with Crippen LogP contribution in [0.5, 0.6) is 0 Å². The highest BCUT2D eigenvalue weighted by Gasteiger charge is 2.33. The van der Waals surface area contributed by atoms with Gasteiger partial charge in [0.15, 0.2) is 0 Å². The van der Waals surface area contributed by atoms with Gasteiger partial charge < -0.3 is 5.73 Å². The maximum absolute atomic E-state index is 12.2. The molecule has 0 amide bonds. The van der Waals surface area contributed by atoms with Crippen LogP contribution in [-0.2, 0) is 0 Å². The Bertz CT molecular complexity index is 130. The van der Waals surface area contributed by atoms with Gasteiger partial charge >= 0.3 is 0 Å². The first-order valence-electron chi connectivity index (χ1n) is 4.67. The predicted molar refractivity (Wildman–Crippen MR) is 45.2 cm³/mol. The number of halogens is 2. The average molecular weight is 177 g/mol. The summed E-state index contributed by atoms with van der Waals surface area (Å²) in [5.74, 6) is 0. The molecule has 1 nitrogen and oxygen atoms in total. The standard InChI is InChI=1S/C9H17F2N/c10-8(11)6-9(7-12)4-2-1-3-5-9/h8H,1-7,12H2. The zero-order valence-electron chi connectivity index (χ0n) is 7.36. The summed E-state index contributed by atoms with van der Waals surface area (Å²) in [6.07, 6.45) is 2.94. The van der Waals surface area contributed by atoms with E-state index < -0.39 is 6.43 Å². The van der Waals surface area contributed by atoms with E-state index in [1.807, 2.05) is 0 Å². The Kier molecular flexibility index (Phi) is 3.44. The summed E-state index contributed by atoms with van der Waals surface area (Å²) in [5.41, 5.74) is 5.32. The normalized spacial score (nSPS) is 23.0. The van der Waals surface area contributed by atoms with Crippen molar-refractivity contribution in [1.29, 1.82) is 0 Å². The highest BCUT2D eigenvalue weighted by atomic mass is 19.3. The molecule has 0 bridgehead atoms. The van der Waals surface area contributed by atoms with E-state index in [-0.39, 0.29) is 11.8 Å². The van der Waals surface area contributed by atoms with Crippen molar-refractivity contribution < 1.29 is 8.78 Å². The van der Waals surface area contributed by atoms with Crippen LogP contribution in [0, 0.1) is 5.41 Å². The summed E-state index contributed by atoms with van der Waals surface area (Å²) >= 11 is 0. The number of hydrogen-bond donors (Lipinski definition) is 1. The van der Waals surface area contributed by atoms with Gasteiger partial charge in [0, 0.05) is 6.42 Å². The van der Waals surface area contributed by atoms with E-state index in [0.717, 1.165) is 25.7 Å². The molecule has 12 heavy (non-hydrogen) atoms. The number of hydrogen-bond acceptors (Lipinski definition) is 1. The Balaban J connectivity index is 2.48. The molecule has 0 spiro atoms. The van der Waals surface area contributed by atoms with Gasteiger partial charge in [-0.25, -0.2) is 8.78 Å². The molecule has 0 saturated heterocycles. The van der Waals surface area contributed by atoms with Crippen LogP contribution in [0.2, 0.25) is 0 Å². The van der Waals surface area contributed by atoms with Gasteiger partial charge in [-0.1, -0.05) is 19.3 Å². The van der Waals surface area contributed by atoms with Crippen molar-refractivity contribution in [2.24, 2.45) is 11.1 Å². The quantitative estimate of drug-likeness (QED) is 0.704. The molecule has 0 radical (unpaired) electrons. The first-order valence-corrected chi connectivity index (χ1v) is 4.67. The van der Waals surface area contributed by atoms with Crippen LogP contribution in [0.1, 0.15) is 38.5 Å². The minimum Gasteiger partial charge on any atom is -0.330 e. The third-order valence-electron chi connectivity index (χ3n) is 2.93. The van der Waals surface area contributed by atoms with E-state index in [0.29, 0.717) is 6.54 Å². The molecule has 3 heteroatoms. The minimum absolute atomic E-state index is 0.00347. The summed E-state index contributed by atoms with van der Waals surface area (Å²) in [6, 6.07) is 0. The van der Waals surface area contributed by atoms with Gasteiger partial charge in [0.25, 0.3) is 0 Å². The summed E-state index contributed by atoms with van der Waals surface area (Å²) in [7, 11) is 0. The highest BCUT2D eigenvalue weighted by Crippen LogP contribution is 2.39. The monoisotopic (exact) mass is 177 g/mol. The van der Waals surface area contributed by atoms with Gasteiger partial charge in [0.1, 0.15) is 0 Å². The van der Waals surface area contributed by atoms with Gasteiger partial charge in [0.2, 0.25) is 6.43 Å². The second-order valence-corrected chi connectivity index (χ2v) is 3.86. The van der Waals surface area contributed by atoms with Crippen molar-refractivity contribution in [1.82, 2.24) is 0 Å². The third kappa shape index (κ3) is 2.41. The number of nitrogens with two attached hydrogens (primary N) is 1. The lowest BCUT2D eigenvalue weighted by molar-refractivity contribution is 0.0534. The molecule has 0 heterocycles. The van der Waals surface area contributed by atoms with Crippen LogP contribution in [0.25, 0.3) is 0 Å². The number of alkyl halides is 2. The SMILES string of the molecule is NCC1(CC(F)F)CCCCC1. The predicted octanol–water partition coefficient (Wildman–Crippen LogP) is 2.55. The largest absolute Gasteiger partial charge is 0.330 e. The molecule has 0 aromatic heterocycles. The van der Waals surface area contributed by atoms with E-state index in [9.17, 15) is 8.78 Å². The van der Waals surface area contributed by atoms with Crippen LogP contribution in [0.3, 0.4) is 0 Å². The Morgan fingerprint density at radius 3 is 2.17 bits per heavy atom. The number of rotatable bonds is 3. The fraction of sp³-hybridized carbons (Fsp3) is 1.00. The van der Waals surface area contributed by atoms with Gasteiger partial charge in [-0.05, 0) is 24.8 Å². The lowest BCUT2D eigenvalue weighted by atomic mass is 9.72. The van der Waals surface area contributed by atoms with E-state index in [2.05, 4.69) is 0 Å². The summed E-state index contributed by atoms with van der Waals surface area (Å²) < 4.78 is 24.4. The second kappa shape index (κ2) is 4.17. The topological polar surface area (TPSA) is 26.0 Å². The average Bonchev–Trinajstić information content (AvgIpc) is 2.05. The van der Waals surface area contributed by atoms with Gasteiger partial charge in [-0.2, -0.15) is 0 Å². The van der Waals surface area contributed by atoms with Crippen molar-refractivity contribution in [3.05, 3.63) is 0 Å². The molecule has 0 aliphatic heterocycles. The van der Waals surface area contributed by atoms with Crippen LogP contribution in [-0.4, -0.2) is 13.0 Å². The maximum Gasteiger partial charge on any atom is 0.239 e. The van der Waals surface area contributed by atoms with Crippen LogP contribution >= 0.6 is 0 Å². The summed E-state index contributed by atoms with van der Waals surface area (Å²) in [5, 5.41) is 0. The first kappa shape index (κ1) is 9.90. The molecule has 0 unspecified atom stereocenters. The molecular weight excluding hydrogens is 160 g/mol. The molecule has 72 valence electrons. The molecular formula is C9H17F2N. The summed E-state index contributed by atoms with van der Waals surface area (Å²) in [6.45, 7) is 0.428. The lowest BCUT2D eigenvalue weighted by Gasteiger charge is -2.35. The van der Waals surface area contributed by atoms with Gasteiger partial charge in [-0.15, -0.1) is 0 Å². The summed E-state index contributed by atoms with van der Waals surface area (Å²) in [4.78, 5) is 0. The zero-order valence-corrected chi connectivity index (χ0v) is 7.36. The van der Waals surface area contributed by atoms with E-state index >= 15 is 0 Å². The molecule has 1 fully saturated rings. The zero-order chi connectivity index (χ0) is 9.03. The van der Waals surface area contributed by atoms with Crippen molar-refractivity contribution in [2.45, 2.75) is 45.0 Å². The Morgan fingerprint density at radius 1 is 1.17 bits per heavy atom. The molecule has 2 N–H and O–H groups in total.